The second-order valence-electron chi connectivity index (χ2n) is 3.06. The quantitative estimate of drug-likeness (QED) is 0.596. The molecule has 1 saturated carbocycles. The van der Waals surface area contributed by atoms with Gasteiger partial charge in [-0.2, -0.15) is 0 Å². The van der Waals surface area contributed by atoms with Crippen molar-refractivity contribution < 1.29 is 0 Å². The van der Waals surface area contributed by atoms with E-state index in [0.29, 0.717) is 0 Å². The first-order valence-corrected chi connectivity index (χ1v) is 4.08. The molecule has 1 nitrogen and oxygen atoms in total. The SMILES string of the molecule is CNCC1CCCCC1. The van der Waals surface area contributed by atoms with Crippen molar-refractivity contribution in [3.63, 3.8) is 0 Å². The molecule has 0 amide bonds. The van der Waals surface area contributed by atoms with Gasteiger partial charge in [-0.25, -0.2) is 0 Å². The molecule has 0 aromatic heterocycles. The molecule has 0 bridgehead atoms. The fraction of sp³-hybridized carbons (Fsp3) is 1.00. The molecule has 9 heavy (non-hydrogen) atoms. The Balaban J connectivity index is 2.08. The van der Waals surface area contributed by atoms with Crippen molar-refractivity contribution in [1.29, 1.82) is 0 Å². The van der Waals surface area contributed by atoms with Crippen LogP contribution in [0.1, 0.15) is 32.1 Å². The van der Waals surface area contributed by atoms with Gasteiger partial charge in [0.2, 0.25) is 0 Å². The van der Waals surface area contributed by atoms with Crippen molar-refractivity contribution >= 4 is 0 Å². The Morgan fingerprint density at radius 2 is 1.89 bits per heavy atom. The Kier molecular flexibility index (Phi) is 3.05. The molecule has 0 unspecified atom stereocenters. The lowest BCUT2D eigenvalue weighted by Crippen LogP contribution is -2.20. The van der Waals surface area contributed by atoms with Crippen LogP contribution >= 0.6 is 0 Å². The summed E-state index contributed by atoms with van der Waals surface area (Å²) in [7, 11) is 2.05. The largest absolute Gasteiger partial charge is 0.319 e. The molecule has 1 rings (SSSR count). The van der Waals surface area contributed by atoms with Crippen LogP contribution in [0.3, 0.4) is 0 Å². The maximum Gasteiger partial charge on any atom is -0.00235 e. The minimum atomic E-state index is 0.990. The van der Waals surface area contributed by atoms with Crippen molar-refractivity contribution in [2.24, 2.45) is 5.92 Å². The first-order valence-electron chi connectivity index (χ1n) is 4.08. The Bertz CT molecular complexity index is 62.2. The Hall–Kier alpha value is -0.0400. The van der Waals surface area contributed by atoms with E-state index in [1.165, 1.54) is 38.6 Å². The van der Waals surface area contributed by atoms with Crippen LogP contribution in [-0.2, 0) is 0 Å². The number of hydrogen-bond acceptors (Lipinski definition) is 1. The van der Waals surface area contributed by atoms with Gasteiger partial charge in [-0.15, -0.1) is 0 Å². The van der Waals surface area contributed by atoms with Crippen LogP contribution in [0.2, 0.25) is 0 Å². The highest BCUT2D eigenvalue weighted by Crippen LogP contribution is 2.22. The third kappa shape index (κ3) is 2.35. The van der Waals surface area contributed by atoms with E-state index >= 15 is 0 Å². The van der Waals surface area contributed by atoms with Crippen LogP contribution in [-0.4, -0.2) is 13.6 Å². The molecular weight excluding hydrogens is 110 g/mol. The minimum absolute atomic E-state index is 0.990. The molecule has 1 aliphatic rings. The van der Waals surface area contributed by atoms with Crippen LogP contribution < -0.4 is 5.32 Å². The highest BCUT2D eigenvalue weighted by atomic mass is 14.8. The monoisotopic (exact) mass is 127 g/mol. The summed E-state index contributed by atoms with van der Waals surface area (Å²) in [6.45, 7) is 1.24. The van der Waals surface area contributed by atoms with Crippen LogP contribution in [0.5, 0.6) is 0 Å². The molecule has 0 spiro atoms. The molecule has 0 saturated heterocycles. The number of hydrogen-bond donors (Lipinski definition) is 1. The van der Waals surface area contributed by atoms with E-state index in [1.807, 2.05) is 0 Å². The predicted octanol–water partition coefficient (Wildman–Crippen LogP) is 1.79. The highest BCUT2D eigenvalue weighted by molar-refractivity contribution is 4.66. The van der Waals surface area contributed by atoms with Crippen molar-refractivity contribution in [1.82, 2.24) is 5.32 Å². The van der Waals surface area contributed by atoms with Crippen molar-refractivity contribution in [2.75, 3.05) is 13.6 Å². The zero-order valence-corrected chi connectivity index (χ0v) is 6.32. The molecule has 0 radical (unpaired) electrons. The van der Waals surface area contributed by atoms with Crippen molar-refractivity contribution in [3.8, 4) is 0 Å². The Labute approximate surface area is 57.8 Å². The lowest BCUT2D eigenvalue weighted by atomic mass is 9.89. The van der Waals surface area contributed by atoms with Gasteiger partial charge in [0.1, 0.15) is 0 Å². The fourth-order valence-corrected chi connectivity index (χ4v) is 1.68. The maximum atomic E-state index is 3.24. The molecule has 0 aliphatic heterocycles. The molecule has 0 aromatic rings. The van der Waals surface area contributed by atoms with Gasteiger partial charge in [-0.1, -0.05) is 19.3 Å². The fourth-order valence-electron chi connectivity index (χ4n) is 1.68. The van der Waals surface area contributed by atoms with Crippen LogP contribution in [0.25, 0.3) is 0 Å². The van der Waals surface area contributed by atoms with Crippen molar-refractivity contribution in [3.05, 3.63) is 0 Å². The molecule has 1 aliphatic carbocycles. The third-order valence-electron chi connectivity index (χ3n) is 2.22. The number of rotatable bonds is 2. The first-order chi connectivity index (χ1) is 4.43. The molecule has 0 aromatic carbocycles. The zero-order valence-electron chi connectivity index (χ0n) is 6.32. The molecule has 0 atom stereocenters. The van der Waals surface area contributed by atoms with Gasteiger partial charge in [0, 0.05) is 0 Å². The number of nitrogens with one attached hydrogen (secondary N) is 1. The van der Waals surface area contributed by atoms with E-state index < -0.39 is 0 Å². The summed E-state index contributed by atoms with van der Waals surface area (Å²) in [5, 5.41) is 3.24. The summed E-state index contributed by atoms with van der Waals surface area (Å²) >= 11 is 0. The van der Waals surface area contributed by atoms with E-state index in [0.717, 1.165) is 5.92 Å². The Morgan fingerprint density at radius 1 is 1.22 bits per heavy atom. The van der Waals surface area contributed by atoms with E-state index in [9.17, 15) is 0 Å². The van der Waals surface area contributed by atoms with E-state index in [4.69, 9.17) is 0 Å². The van der Waals surface area contributed by atoms with Crippen molar-refractivity contribution in [2.45, 2.75) is 32.1 Å². The predicted molar refractivity (Wildman–Crippen MR) is 40.5 cm³/mol. The zero-order chi connectivity index (χ0) is 6.53. The molecule has 1 fully saturated rings. The standard InChI is InChI=1S/C8H17N/c1-9-7-8-5-3-2-4-6-8/h8-9H,2-7H2,1H3. The average Bonchev–Trinajstić information content (AvgIpc) is 1.91. The maximum absolute atomic E-state index is 3.24. The summed E-state index contributed by atoms with van der Waals surface area (Å²) in [5.74, 6) is 0.990. The topological polar surface area (TPSA) is 12.0 Å². The molecule has 1 heteroatoms. The molecule has 0 heterocycles. The second-order valence-corrected chi connectivity index (χ2v) is 3.06. The van der Waals surface area contributed by atoms with Crippen LogP contribution in [0, 0.1) is 5.92 Å². The first kappa shape index (κ1) is 7.07. The molecule has 1 N–H and O–H groups in total. The van der Waals surface area contributed by atoms with Gasteiger partial charge in [0.15, 0.2) is 0 Å². The smallest absolute Gasteiger partial charge is 0.00235 e. The summed E-state index contributed by atoms with van der Waals surface area (Å²) in [4.78, 5) is 0. The third-order valence-corrected chi connectivity index (χ3v) is 2.22. The summed E-state index contributed by atoms with van der Waals surface area (Å²) in [6.07, 6.45) is 7.32. The van der Waals surface area contributed by atoms with Gasteiger partial charge in [0.25, 0.3) is 0 Å². The summed E-state index contributed by atoms with van der Waals surface area (Å²) in [6, 6.07) is 0. The van der Waals surface area contributed by atoms with E-state index in [1.54, 1.807) is 0 Å². The molecular formula is C8H17N. The van der Waals surface area contributed by atoms with Gasteiger partial charge in [-0.3, -0.25) is 0 Å². The summed E-state index contributed by atoms with van der Waals surface area (Å²) in [5.41, 5.74) is 0. The normalized spacial score (nSPS) is 22.3. The molecule has 54 valence electrons. The van der Waals surface area contributed by atoms with Crippen LogP contribution in [0.15, 0.2) is 0 Å². The van der Waals surface area contributed by atoms with Gasteiger partial charge in [0.05, 0.1) is 0 Å². The lowest BCUT2D eigenvalue weighted by molar-refractivity contribution is 0.350. The van der Waals surface area contributed by atoms with E-state index in [2.05, 4.69) is 12.4 Å². The Morgan fingerprint density at radius 3 is 2.44 bits per heavy atom. The van der Waals surface area contributed by atoms with Gasteiger partial charge in [-0.05, 0) is 32.4 Å². The lowest BCUT2D eigenvalue weighted by Gasteiger charge is -2.20. The highest BCUT2D eigenvalue weighted by Gasteiger charge is 2.11. The second kappa shape index (κ2) is 3.89. The summed E-state index contributed by atoms with van der Waals surface area (Å²) < 4.78 is 0. The van der Waals surface area contributed by atoms with Gasteiger partial charge >= 0.3 is 0 Å². The average molecular weight is 127 g/mol. The van der Waals surface area contributed by atoms with Gasteiger partial charge < -0.3 is 5.32 Å². The van der Waals surface area contributed by atoms with Crippen LogP contribution in [0.4, 0.5) is 0 Å². The minimum Gasteiger partial charge on any atom is -0.319 e. The van der Waals surface area contributed by atoms with E-state index in [-0.39, 0.29) is 0 Å².